The van der Waals surface area contributed by atoms with Gasteiger partial charge in [-0.25, -0.2) is 0 Å². The van der Waals surface area contributed by atoms with Crippen LogP contribution in [0.2, 0.25) is 0 Å². The number of hydrogen-bond acceptors (Lipinski definition) is 5. The zero-order chi connectivity index (χ0) is 17.7. The Kier molecular flexibility index (Phi) is 6.36. The highest BCUT2D eigenvalue weighted by atomic mass is 16.5. The second kappa shape index (κ2) is 8.28. The van der Waals surface area contributed by atoms with Crippen LogP contribution >= 0.6 is 0 Å². The Morgan fingerprint density at radius 3 is 2.58 bits per heavy atom. The lowest BCUT2D eigenvalue weighted by Crippen LogP contribution is -2.42. The smallest absolute Gasteiger partial charge is 0.234 e. The van der Waals surface area contributed by atoms with Gasteiger partial charge in [0, 0.05) is 37.8 Å². The van der Waals surface area contributed by atoms with Crippen LogP contribution in [0, 0.1) is 13.8 Å². The highest BCUT2D eigenvalue weighted by Crippen LogP contribution is 2.15. The van der Waals surface area contributed by atoms with Crippen LogP contribution in [0.5, 0.6) is 0 Å². The van der Waals surface area contributed by atoms with E-state index < -0.39 is 0 Å². The molecule has 7 nitrogen and oxygen atoms in total. The summed E-state index contributed by atoms with van der Waals surface area (Å²) in [7, 11) is 0. The predicted octanol–water partition coefficient (Wildman–Crippen LogP) is 0.893. The van der Waals surface area contributed by atoms with Crippen LogP contribution in [-0.2, 0) is 16.0 Å². The molecule has 1 aliphatic rings. The average Bonchev–Trinajstić information content (AvgIpc) is 2.71. The summed E-state index contributed by atoms with van der Waals surface area (Å²) in [4.78, 5) is 28.4. The van der Waals surface area contributed by atoms with Crippen LogP contribution in [0.1, 0.15) is 37.3 Å². The topological polar surface area (TPSA) is 78.7 Å². The van der Waals surface area contributed by atoms with E-state index in [1.165, 1.54) is 0 Å². The van der Waals surface area contributed by atoms with Crippen LogP contribution in [0.4, 0.5) is 0 Å². The second-order valence-electron chi connectivity index (χ2n) is 6.71. The number of amides is 2. The molecule has 1 fully saturated rings. The lowest BCUT2D eigenvalue weighted by molar-refractivity contribution is -0.130. The number of nitrogens with one attached hydrogen (secondary N) is 1. The predicted molar refractivity (Wildman–Crippen MR) is 90.6 cm³/mol. The normalized spacial score (nSPS) is 16.3. The summed E-state index contributed by atoms with van der Waals surface area (Å²) in [6.45, 7) is 10.9. The van der Waals surface area contributed by atoms with E-state index in [0.29, 0.717) is 25.3 Å². The van der Waals surface area contributed by atoms with Crippen LogP contribution in [0.25, 0.3) is 0 Å². The maximum Gasteiger partial charge on any atom is 0.234 e. The van der Waals surface area contributed by atoms with Gasteiger partial charge in [0.25, 0.3) is 0 Å². The van der Waals surface area contributed by atoms with E-state index in [0.717, 1.165) is 37.3 Å². The largest absolute Gasteiger partial charge is 0.361 e. The molecule has 0 saturated carbocycles. The van der Waals surface area contributed by atoms with Gasteiger partial charge in [-0.05, 0) is 34.1 Å². The van der Waals surface area contributed by atoms with E-state index in [4.69, 9.17) is 4.52 Å². The third-order valence-electron chi connectivity index (χ3n) is 4.27. The van der Waals surface area contributed by atoms with Crippen molar-refractivity contribution in [3.8, 4) is 0 Å². The molecule has 1 N–H and O–H groups in total. The van der Waals surface area contributed by atoms with Crippen molar-refractivity contribution in [3.05, 3.63) is 17.0 Å². The van der Waals surface area contributed by atoms with Crippen LogP contribution in [0.3, 0.4) is 0 Å². The molecule has 0 aliphatic carbocycles. The van der Waals surface area contributed by atoms with Crippen LogP contribution < -0.4 is 5.32 Å². The minimum absolute atomic E-state index is 0.0421. The molecule has 2 rings (SSSR count). The summed E-state index contributed by atoms with van der Waals surface area (Å²) in [5.74, 6) is 0.848. The standard InChI is InChI=1S/C17H28N4O3/c1-12(2)18-16(22)11-20-6-5-7-21(9-8-20)17(23)10-15-13(3)19-24-14(15)4/h12H,5-11H2,1-4H3,(H,18,22). The first-order valence-corrected chi connectivity index (χ1v) is 8.58. The molecule has 7 heteroatoms. The Balaban J connectivity index is 1.86. The van der Waals surface area contributed by atoms with Gasteiger partial charge < -0.3 is 14.7 Å². The summed E-state index contributed by atoms with van der Waals surface area (Å²) in [6, 6.07) is 0.151. The number of nitrogens with zero attached hydrogens (tertiary/aromatic N) is 3. The minimum Gasteiger partial charge on any atom is -0.361 e. The molecule has 1 aliphatic heterocycles. The maximum atomic E-state index is 12.6. The first-order valence-electron chi connectivity index (χ1n) is 8.58. The van der Waals surface area contributed by atoms with E-state index in [1.54, 1.807) is 0 Å². The minimum atomic E-state index is 0.0421. The van der Waals surface area contributed by atoms with Gasteiger partial charge in [0.05, 0.1) is 18.7 Å². The molecule has 0 spiro atoms. The summed E-state index contributed by atoms with van der Waals surface area (Å²) in [5.41, 5.74) is 1.67. The summed E-state index contributed by atoms with van der Waals surface area (Å²) in [5, 5.41) is 6.81. The van der Waals surface area contributed by atoms with Crippen molar-refractivity contribution < 1.29 is 14.1 Å². The van der Waals surface area contributed by atoms with Gasteiger partial charge in [0.15, 0.2) is 0 Å². The van der Waals surface area contributed by atoms with E-state index in [1.807, 2.05) is 32.6 Å². The Bertz CT molecular complexity index is 563. The molecule has 1 aromatic rings. The molecule has 0 bridgehead atoms. The van der Waals surface area contributed by atoms with Gasteiger partial charge in [0.1, 0.15) is 5.76 Å². The Morgan fingerprint density at radius 2 is 1.96 bits per heavy atom. The molecule has 0 aromatic carbocycles. The van der Waals surface area contributed by atoms with Crippen molar-refractivity contribution in [1.29, 1.82) is 0 Å². The lowest BCUT2D eigenvalue weighted by atomic mass is 10.1. The first-order chi connectivity index (χ1) is 11.4. The van der Waals surface area contributed by atoms with Crippen molar-refractivity contribution >= 4 is 11.8 Å². The van der Waals surface area contributed by atoms with Gasteiger partial charge in [-0.15, -0.1) is 0 Å². The molecule has 1 aromatic heterocycles. The number of aryl methyl sites for hydroxylation is 2. The second-order valence-corrected chi connectivity index (χ2v) is 6.71. The molecule has 0 unspecified atom stereocenters. The quantitative estimate of drug-likeness (QED) is 0.864. The van der Waals surface area contributed by atoms with Gasteiger partial charge in [0.2, 0.25) is 11.8 Å². The Hall–Kier alpha value is -1.89. The fraction of sp³-hybridized carbons (Fsp3) is 0.706. The number of hydrogen-bond donors (Lipinski definition) is 1. The third kappa shape index (κ3) is 5.06. The van der Waals surface area contributed by atoms with Crippen LogP contribution in [0.15, 0.2) is 4.52 Å². The molecule has 2 amide bonds. The molecule has 0 atom stereocenters. The number of carbonyl (C=O) groups is 2. The van der Waals surface area contributed by atoms with Crippen molar-refractivity contribution in [3.63, 3.8) is 0 Å². The summed E-state index contributed by atoms with van der Waals surface area (Å²) < 4.78 is 5.13. The molecule has 2 heterocycles. The molecule has 0 radical (unpaired) electrons. The summed E-state index contributed by atoms with van der Waals surface area (Å²) in [6.07, 6.45) is 1.21. The summed E-state index contributed by atoms with van der Waals surface area (Å²) >= 11 is 0. The zero-order valence-corrected chi connectivity index (χ0v) is 15.1. The molecule has 134 valence electrons. The number of carbonyl (C=O) groups excluding carboxylic acids is 2. The third-order valence-corrected chi connectivity index (χ3v) is 4.27. The van der Waals surface area contributed by atoms with Crippen molar-refractivity contribution in [2.24, 2.45) is 0 Å². The SMILES string of the molecule is Cc1noc(C)c1CC(=O)N1CCCN(CC(=O)NC(C)C)CC1. The van der Waals surface area contributed by atoms with Gasteiger partial charge >= 0.3 is 0 Å². The molecule has 24 heavy (non-hydrogen) atoms. The van der Waals surface area contributed by atoms with Crippen molar-refractivity contribution in [2.75, 3.05) is 32.7 Å². The van der Waals surface area contributed by atoms with Crippen molar-refractivity contribution in [2.45, 2.75) is 46.6 Å². The van der Waals surface area contributed by atoms with E-state index in [-0.39, 0.29) is 17.9 Å². The fourth-order valence-electron chi connectivity index (χ4n) is 2.97. The van der Waals surface area contributed by atoms with Crippen LogP contribution in [-0.4, -0.2) is 65.5 Å². The fourth-order valence-corrected chi connectivity index (χ4v) is 2.97. The van der Waals surface area contributed by atoms with Gasteiger partial charge in [-0.1, -0.05) is 5.16 Å². The number of rotatable bonds is 5. The first kappa shape index (κ1) is 18.4. The monoisotopic (exact) mass is 336 g/mol. The molecular weight excluding hydrogens is 308 g/mol. The van der Waals surface area contributed by atoms with E-state index in [9.17, 15) is 9.59 Å². The zero-order valence-electron chi connectivity index (χ0n) is 15.1. The molecule has 1 saturated heterocycles. The highest BCUT2D eigenvalue weighted by molar-refractivity contribution is 5.79. The number of aromatic nitrogens is 1. The Morgan fingerprint density at radius 1 is 1.21 bits per heavy atom. The van der Waals surface area contributed by atoms with E-state index in [2.05, 4.69) is 15.4 Å². The van der Waals surface area contributed by atoms with Gasteiger partial charge in [-0.3, -0.25) is 14.5 Å². The van der Waals surface area contributed by atoms with Gasteiger partial charge in [-0.2, -0.15) is 0 Å². The average molecular weight is 336 g/mol. The Labute approximate surface area is 143 Å². The highest BCUT2D eigenvalue weighted by Gasteiger charge is 2.22. The lowest BCUT2D eigenvalue weighted by Gasteiger charge is -2.22. The van der Waals surface area contributed by atoms with E-state index >= 15 is 0 Å². The molecular formula is C17H28N4O3. The van der Waals surface area contributed by atoms with Crippen molar-refractivity contribution in [1.82, 2.24) is 20.3 Å². The maximum absolute atomic E-state index is 12.6.